The van der Waals surface area contributed by atoms with Crippen molar-refractivity contribution in [3.63, 3.8) is 0 Å². The molecule has 5 nitrogen and oxygen atoms in total. The van der Waals surface area contributed by atoms with Gasteiger partial charge in [-0.2, -0.15) is 0 Å². The van der Waals surface area contributed by atoms with Crippen LogP contribution in [-0.4, -0.2) is 22.6 Å². The van der Waals surface area contributed by atoms with Crippen LogP contribution in [0.2, 0.25) is 0 Å². The second-order valence-electron chi connectivity index (χ2n) is 4.91. The number of halogens is 1. The van der Waals surface area contributed by atoms with E-state index in [0.717, 1.165) is 0 Å². The van der Waals surface area contributed by atoms with Crippen LogP contribution in [0.5, 0.6) is 11.5 Å². The van der Waals surface area contributed by atoms with Gasteiger partial charge in [0.2, 0.25) is 10.0 Å². The minimum absolute atomic E-state index is 0.195. The summed E-state index contributed by atoms with van der Waals surface area (Å²) in [4.78, 5) is 0.195. The molecule has 0 amide bonds. The molecule has 1 atom stereocenters. The Balaban J connectivity index is 2.33. The quantitative estimate of drug-likeness (QED) is 0.806. The van der Waals surface area contributed by atoms with Crippen LogP contribution in [0, 0.1) is 0 Å². The molecule has 2 rings (SSSR count). The normalized spacial score (nSPS) is 12.7. The molecule has 0 aliphatic heterocycles. The van der Waals surface area contributed by atoms with E-state index in [1.807, 2.05) is 0 Å². The lowest BCUT2D eigenvalue weighted by atomic mass is 10.1. The summed E-state index contributed by atoms with van der Waals surface area (Å²) in [5.41, 5.74) is 0.699. The first-order valence-electron chi connectivity index (χ1n) is 6.87. The van der Waals surface area contributed by atoms with E-state index in [2.05, 4.69) is 20.7 Å². The molecular weight excluding hydrogens is 382 g/mol. The highest BCUT2D eigenvalue weighted by atomic mass is 79.9. The van der Waals surface area contributed by atoms with Crippen molar-refractivity contribution in [3.8, 4) is 11.5 Å². The number of hydrogen-bond acceptors (Lipinski definition) is 4. The van der Waals surface area contributed by atoms with Gasteiger partial charge in [-0.1, -0.05) is 22.0 Å². The van der Waals surface area contributed by atoms with Crippen LogP contribution in [0.25, 0.3) is 0 Å². The van der Waals surface area contributed by atoms with Crippen LogP contribution in [0.3, 0.4) is 0 Å². The predicted octanol–water partition coefficient (Wildman–Crippen LogP) is 3.51. The first-order valence-corrected chi connectivity index (χ1v) is 9.15. The zero-order valence-electron chi connectivity index (χ0n) is 13.0. The lowest BCUT2D eigenvalue weighted by Gasteiger charge is -2.18. The van der Waals surface area contributed by atoms with Gasteiger partial charge in [-0.3, -0.25) is 0 Å². The molecule has 7 heteroatoms. The number of rotatable bonds is 6. The summed E-state index contributed by atoms with van der Waals surface area (Å²) in [7, 11) is -0.551. The van der Waals surface area contributed by atoms with E-state index in [1.165, 1.54) is 0 Å². The van der Waals surface area contributed by atoms with Crippen molar-refractivity contribution in [1.29, 1.82) is 0 Å². The minimum atomic E-state index is -3.65. The van der Waals surface area contributed by atoms with Gasteiger partial charge in [-0.25, -0.2) is 13.1 Å². The molecule has 0 unspecified atom stereocenters. The van der Waals surface area contributed by atoms with E-state index in [1.54, 1.807) is 63.6 Å². The van der Waals surface area contributed by atoms with Gasteiger partial charge in [0.05, 0.1) is 19.1 Å². The van der Waals surface area contributed by atoms with E-state index >= 15 is 0 Å². The van der Waals surface area contributed by atoms with E-state index in [0.29, 0.717) is 21.5 Å². The Morgan fingerprint density at radius 1 is 1.09 bits per heavy atom. The lowest BCUT2D eigenvalue weighted by Crippen LogP contribution is -2.27. The Morgan fingerprint density at radius 3 is 2.43 bits per heavy atom. The van der Waals surface area contributed by atoms with Gasteiger partial charge >= 0.3 is 0 Å². The molecule has 23 heavy (non-hydrogen) atoms. The maximum absolute atomic E-state index is 12.5. The van der Waals surface area contributed by atoms with Gasteiger partial charge in [-0.15, -0.1) is 0 Å². The summed E-state index contributed by atoms with van der Waals surface area (Å²) in [6, 6.07) is 11.3. The zero-order valence-corrected chi connectivity index (χ0v) is 15.4. The van der Waals surface area contributed by atoms with E-state index in [9.17, 15) is 8.42 Å². The molecular formula is C16H18BrNO4S. The second-order valence-corrected chi connectivity index (χ2v) is 7.54. The summed E-state index contributed by atoms with van der Waals surface area (Å²) >= 11 is 3.28. The molecule has 0 heterocycles. The molecule has 0 aromatic heterocycles. The van der Waals surface area contributed by atoms with Crippen molar-refractivity contribution in [2.75, 3.05) is 14.2 Å². The van der Waals surface area contributed by atoms with E-state index < -0.39 is 16.1 Å². The zero-order chi connectivity index (χ0) is 17.0. The first-order chi connectivity index (χ1) is 10.9. The topological polar surface area (TPSA) is 64.6 Å². The fraction of sp³-hybridized carbons (Fsp3) is 0.250. The van der Waals surface area contributed by atoms with Crippen molar-refractivity contribution in [2.45, 2.75) is 17.9 Å². The van der Waals surface area contributed by atoms with Crippen LogP contribution >= 0.6 is 15.9 Å². The van der Waals surface area contributed by atoms with E-state index in [-0.39, 0.29) is 4.90 Å². The van der Waals surface area contributed by atoms with Crippen LogP contribution < -0.4 is 14.2 Å². The summed E-state index contributed by atoms with van der Waals surface area (Å²) in [6.45, 7) is 1.76. The van der Waals surface area contributed by atoms with Crippen LogP contribution in [0.15, 0.2) is 51.8 Å². The third-order valence-corrected chi connectivity index (χ3v) is 5.37. The van der Waals surface area contributed by atoms with Crippen molar-refractivity contribution in [2.24, 2.45) is 0 Å². The van der Waals surface area contributed by atoms with Gasteiger partial charge < -0.3 is 9.47 Å². The maximum Gasteiger partial charge on any atom is 0.241 e. The molecule has 0 saturated carbocycles. The number of ether oxygens (including phenoxy) is 2. The number of hydrogen-bond donors (Lipinski definition) is 1. The number of benzene rings is 2. The Morgan fingerprint density at radius 2 is 1.83 bits per heavy atom. The fourth-order valence-electron chi connectivity index (χ4n) is 2.18. The van der Waals surface area contributed by atoms with Crippen LogP contribution in [0.4, 0.5) is 0 Å². The fourth-order valence-corrected chi connectivity index (χ4v) is 4.00. The average Bonchev–Trinajstić information content (AvgIpc) is 2.53. The molecule has 0 saturated heterocycles. The molecule has 0 aliphatic carbocycles. The van der Waals surface area contributed by atoms with Gasteiger partial charge in [0.25, 0.3) is 0 Å². The Bertz CT molecular complexity index is 792. The smallest absolute Gasteiger partial charge is 0.241 e. The number of nitrogens with one attached hydrogen (secondary N) is 1. The Labute approximate surface area is 144 Å². The summed E-state index contributed by atoms with van der Waals surface area (Å²) in [5.74, 6) is 1.23. The molecule has 0 spiro atoms. The third-order valence-electron chi connectivity index (χ3n) is 3.34. The molecule has 124 valence electrons. The largest absolute Gasteiger partial charge is 0.497 e. The van der Waals surface area contributed by atoms with Gasteiger partial charge in [0, 0.05) is 16.1 Å². The van der Waals surface area contributed by atoms with Crippen LogP contribution in [0.1, 0.15) is 18.5 Å². The van der Waals surface area contributed by atoms with Crippen molar-refractivity contribution in [1.82, 2.24) is 4.72 Å². The van der Waals surface area contributed by atoms with Crippen molar-refractivity contribution < 1.29 is 17.9 Å². The van der Waals surface area contributed by atoms with Gasteiger partial charge in [0.1, 0.15) is 11.5 Å². The molecule has 0 fully saturated rings. The minimum Gasteiger partial charge on any atom is -0.497 e. The summed E-state index contributed by atoms with van der Waals surface area (Å²) < 4.78 is 38.9. The standard InChI is InChI=1S/C16H18BrNO4S/c1-11(15-10-13(21-2)7-8-16(15)22-3)18-23(19,20)14-6-4-5-12(17)9-14/h4-11,18H,1-3H3/t11-/m0/s1. The third kappa shape index (κ3) is 4.25. The SMILES string of the molecule is COc1ccc(OC)c([C@H](C)NS(=O)(=O)c2cccc(Br)c2)c1. The highest BCUT2D eigenvalue weighted by molar-refractivity contribution is 9.10. The van der Waals surface area contributed by atoms with E-state index in [4.69, 9.17) is 9.47 Å². The molecule has 1 N–H and O–H groups in total. The van der Waals surface area contributed by atoms with Crippen LogP contribution in [-0.2, 0) is 10.0 Å². The maximum atomic E-state index is 12.5. The second kappa shape index (κ2) is 7.33. The Kier molecular flexibility index (Phi) is 5.67. The molecule has 0 aliphatic rings. The summed E-state index contributed by atoms with van der Waals surface area (Å²) in [5, 5.41) is 0. The monoisotopic (exact) mass is 399 g/mol. The van der Waals surface area contributed by atoms with Gasteiger partial charge in [-0.05, 0) is 43.3 Å². The molecule has 0 radical (unpaired) electrons. The first kappa shape index (κ1) is 17.8. The molecule has 0 bridgehead atoms. The molecule has 2 aromatic rings. The van der Waals surface area contributed by atoms with Crippen molar-refractivity contribution >= 4 is 26.0 Å². The Hall–Kier alpha value is -1.57. The lowest BCUT2D eigenvalue weighted by molar-refractivity contribution is 0.395. The number of methoxy groups -OCH3 is 2. The predicted molar refractivity (Wildman–Crippen MR) is 92.4 cm³/mol. The highest BCUT2D eigenvalue weighted by Crippen LogP contribution is 2.30. The van der Waals surface area contributed by atoms with Gasteiger partial charge in [0.15, 0.2) is 0 Å². The highest BCUT2D eigenvalue weighted by Gasteiger charge is 2.21. The average molecular weight is 400 g/mol. The van der Waals surface area contributed by atoms with Crippen molar-refractivity contribution in [3.05, 3.63) is 52.5 Å². The molecule has 2 aromatic carbocycles. The number of sulfonamides is 1. The summed E-state index contributed by atoms with van der Waals surface area (Å²) in [6.07, 6.45) is 0.